The van der Waals surface area contributed by atoms with E-state index in [0.717, 1.165) is 19.4 Å². The van der Waals surface area contributed by atoms with Crippen LogP contribution < -0.4 is 0 Å². The SMILES string of the molecule is CN1CC(C)(CO)C[C@H]2c3cccc4[nH]cc(c34)C[C@@H]21. The summed E-state index contributed by atoms with van der Waals surface area (Å²) in [6, 6.07) is 7.18. The van der Waals surface area contributed by atoms with E-state index in [9.17, 15) is 5.11 Å². The molecule has 2 heterocycles. The fraction of sp³-hybridized carbons (Fsp3) is 0.529. The number of piperidine rings is 1. The fourth-order valence-corrected chi connectivity index (χ4v) is 4.47. The van der Waals surface area contributed by atoms with E-state index in [0.29, 0.717) is 12.0 Å². The van der Waals surface area contributed by atoms with Crippen LogP contribution in [-0.2, 0) is 6.42 Å². The third-order valence-electron chi connectivity index (χ3n) is 5.40. The highest BCUT2D eigenvalue weighted by atomic mass is 16.3. The minimum Gasteiger partial charge on any atom is -0.396 e. The molecule has 0 amide bonds. The number of aromatic amines is 1. The van der Waals surface area contributed by atoms with Crippen LogP contribution in [0.4, 0.5) is 0 Å². The molecule has 2 aromatic rings. The molecule has 3 heteroatoms. The molecule has 1 saturated heterocycles. The molecule has 1 aliphatic carbocycles. The molecule has 1 aromatic carbocycles. The standard InChI is InChI=1S/C17H22N2O/c1-17(10-20)7-13-12-4-3-5-14-16(12)11(8-18-14)6-15(13)19(2)9-17/h3-5,8,13,15,18,20H,6-7,9-10H2,1-2H3/t13-,15-,17?/m0/s1. The third-order valence-corrected chi connectivity index (χ3v) is 5.40. The van der Waals surface area contributed by atoms with Gasteiger partial charge in [0.1, 0.15) is 0 Å². The smallest absolute Gasteiger partial charge is 0.0497 e. The molecule has 20 heavy (non-hydrogen) atoms. The number of rotatable bonds is 1. The Labute approximate surface area is 119 Å². The largest absolute Gasteiger partial charge is 0.396 e. The van der Waals surface area contributed by atoms with Crippen molar-refractivity contribution in [3.63, 3.8) is 0 Å². The maximum atomic E-state index is 9.77. The topological polar surface area (TPSA) is 39.3 Å². The van der Waals surface area contributed by atoms with Gasteiger partial charge in [0.05, 0.1) is 0 Å². The normalized spacial score (nSPS) is 33.4. The number of aromatic nitrogens is 1. The van der Waals surface area contributed by atoms with Gasteiger partial charge in [-0.15, -0.1) is 0 Å². The monoisotopic (exact) mass is 270 g/mol. The van der Waals surface area contributed by atoms with Crippen LogP contribution in [0.2, 0.25) is 0 Å². The van der Waals surface area contributed by atoms with Crippen molar-refractivity contribution in [2.45, 2.75) is 31.7 Å². The second-order valence-corrected chi connectivity index (χ2v) is 7.05. The highest BCUT2D eigenvalue weighted by molar-refractivity contribution is 5.88. The summed E-state index contributed by atoms with van der Waals surface area (Å²) in [5.74, 6) is 0.540. The first-order valence-electron chi connectivity index (χ1n) is 7.51. The number of nitrogens with zero attached hydrogens (tertiary/aromatic N) is 1. The zero-order valence-electron chi connectivity index (χ0n) is 12.2. The van der Waals surface area contributed by atoms with Gasteiger partial charge in [0.2, 0.25) is 0 Å². The molecular weight excluding hydrogens is 248 g/mol. The predicted molar refractivity (Wildman–Crippen MR) is 81.0 cm³/mol. The number of benzene rings is 1. The van der Waals surface area contributed by atoms with Crippen LogP contribution in [0.15, 0.2) is 24.4 Å². The van der Waals surface area contributed by atoms with E-state index in [2.05, 4.69) is 48.3 Å². The second-order valence-electron chi connectivity index (χ2n) is 7.05. The number of likely N-dealkylation sites (tertiary alicyclic amines) is 1. The fourth-order valence-electron chi connectivity index (χ4n) is 4.47. The van der Waals surface area contributed by atoms with Crippen LogP contribution in [0, 0.1) is 5.41 Å². The van der Waals surface area contributed by atoms with E-state index in [1.807, 2.05) is 0 Å². The number of nitrogens with one attached hydrogen (secondary N) is 1. The van der Waals surface area contributed by atoms with Gasteiger partial charge in [-0.1, -0.05) is 19.1 Å². The zero-order chi connectivity index (χ0) is 13.9. The molecule has 0 radical (unpaired) electrons. The van der Waals surface area contributed by atoms with Crippen LogP contribution in [0.5, 0.6) is 0 Å². The van der Waals surface area contributed by atoms with Crippen LogP contribution in [0.1, 0.15) is 30.4 Å². The van der Waals surface area contributed by atoms with Crippen LogP contribution >= 0.6 is 0 Å². The molecule has 0 spiro atoms. The first-order valence-corrected chi connectivity index (χ1v) is 7.51. The number of aliphatic hydroxyl groups excluding tert-OH is 1. The predicted octanol–water partition coefficient (Wildman–Crippen LogP) is 2.51. The molecule has 0 bridgehead atoms. The maximum Gasteiger partial charge on any atom is 0.0497 e. The highest BCUT2D eigenvalue weighted by Crippen LogP contribution is 2.47. The maximum absolute atomic E-state index is 9.77. The van der Waals surface area contributed by atoms with Gasteiger partial charge in [-0.25, -0.2) is 0 Å². The van der Waals surface area contributed by atoms with Gasteiger partial charge in [0, 0.05) is 47.6 Å². The summed E-state index contributed by atoms with van der Waals surface area (Å²) in [5.41, 5.74) is 4.21. The highest BCUT2D eigenvalue weighted by Gasteiger charge is 2.43. The summed E-state index contributed by atoms with van der Waals surface area (Å²) in [5, 5.41) is 11.2. The van der Waals surface area contributed by atoms with E-state index in [1.54, 1.807) is 0 Å². The van der Waals surface area contributed by atoms with Gasteiger partial charge in [-0.2, -0.15) is 0 Å². The molecule has 1 aliphatic heterocycles. The minimum atomic E-state index is 0.0197. The molecule has 3 atom stereocenters. The van der Waals surface area contributed by atoms with E-state index in [-0.39, 0.29) is 12.0 Å². The van der Waals surface area contributed by atoms with Crippen molar-refractivity contribution in [1.29, 1.82) is 0 Å². The molecule has 4 rings (SSSR count). The lowest BCUT2D eigenvalue weighted by atomic mass is 9.67. The molecule has 1 fully saturated rings. The summed E-state index contributed by atoms with van der Waals surface area (Å²) < 4.78 is 0. The van der Waals surface area contributed by atoms with Crippen molar-refractivity contribution in [1.82, 2.24) is 9.88 Å². The van der Waals surface area contributed by atoms with Crippen molar-refractivity contribution >= 4 is 10.9 Å². The van der Waals surface area contributed by atoms with Crippen molar-refractivity contribution < 1.29 is 5.11 Å². The molecular formula is C17H22N2O. The summed E-state index contributed by atoms with van der Waals surface area (Å²) in [4.78, 5) is 5.87. The summed E-state index contributed by atoms with van der Waals surface area (Å²) in [6.45, 7) is 3.48. The summed E-state index contributed by atoms with van der Waals surface area (Å²) in [7, 11) is 2.21. The Kier molecular flexibility index (Phi) is 2.54. The Morgan fingerprint density at radius 1 is 1.45 bits per heavy atom. The van der Waals surface area contributed by atoms with E-state index < -0.39 is 0 Å². The lowest BCUT2D eigenvalue weighted by Crippen LogP contribution is -2.52. The third kappa shape index (κ3) is 1.60. The summed E-state index contributed by atoms with van der Waals surface area (Å²) >= 11 is 0. The molecule has 1 unspecified atom stereocenters. The Bertz CT molecular complexity index is 662. The van der Waals surface area contributed by atoms with E-state index in [1.165, 1.54) is 22.0 Å². The lowest BCUT2D eigenvalue weighted by Gasteiger charge is -2.49. The molecule has 1 aromatic heterocycles. The Morgan fingerprint density at radius 3 is 3.10 bits per heavy atom. The number of H-pyrrole nitrogens is 1. The van der Waals surface area contributed by atoms with Gasteiger partial charge in [0.15, 0.2) is 0 Å². The number of hydrogen-bond acceptors (Lipinski definition) is 2. The average molecular weight is 270 g/mol. The second kappa shape index (κ2) is 4.09. The molecule has 0 saturated carbocycles. The van der Waals surface area contributed by atoms with Crippen molar-refractivity contribution in [2.75, 3.05) is 20.2 Å². The van der Waals surface area contributed by atoms with Crippen molar-refractivity contribution in [2.24, 2.45) is 5.41 Å². The number of aliphatic hydroxyl groups is 1. The first-order chi connectivity index (χ1) is 9.61. The van der Waals surface area contributed by atoms with Gasteiger partial charge in [0.25, 0.3) is 0 Å². The quantitative estimate of drug-likeness (QED) is 0.836. The molecule has 2 aliphatic rings. The number of fused-ring (bicyclic) bond motifs is 2. The molecule has 3 nitrogen and oxygen atoms in total. The number of likely N-dealkylation sites (N-methyl/N-ethyl adjacent to an activating group) is 1. The Morgan fingerprint density at radius 2 is 2.30 bits per heavy atom. The van der Waals surface area contributed by atoms with Gasteiger partial charge < -0.3 is 15.0 Å². The Balaban J connectivity index is 1.87. The lowest BCUT2D eigenvalue weighted by molar-refractivity contribution is 0.0131. The van der Waals surface area contributed by atoms with Gasteiger partial charge in [-0.05, 0) is 37.1 Å². The Hall–Kier alpha value is -1.32. The van der Waals surface area contributed by atoms with Crippen LogP contribution in [0.25, 0.3) is 10.9 Å². The molecule has 2 N–H and O–H groups in total. The zero-order valence-corrected chi connectivity index (χ0v) is 12.2. The average Bonchev–Trinajstić information content (AvgIpc) is 2.85. The van der Waals surface area contributed by atoms with Crippen LogP contribution in [0.3, 0.4) is 0 Å². The van der Waals surface area contributed by atoms with Gasteiger partial charge >= 0.3 is 0 Å². The van der Waals surface area contributed by atoms with Crippen molar-refractivity contribution in [3.8, 4) is 0 Å². The van der Waals surface area contributed by atoms with Gasteiger partial charge in [-0.3, -0.25) is 0 Å². The molecule has 106 valence electrons. The van der Waals surface area contributed by atoms with E-state index >= 15 is 0 Å². The summed E-state index contributed by atoms with van der Waals surface area (Å²) in [6.07, 6.45) is 4.39. The number of hydrogen-bond donors (Lipinski definition) is 2. The first kappa shape index (κ1) is 12.4. The van der Waals surface area contributed by atoms with E-state index in [4.69, 9.17) is 0 Å². The van der Waals surface area contributed by atoms with Crippen LogP contribution in [-0.4, -0.2) is 41.2 Å². The van der Waals surface area contributed by atoms with Crippen molar-refractivity contribution in [3.05, 3.63) is 35.5 Å². The minimum absolute atomic E-state index is 0.0197.